The molecule has 3 N–H and O–H groups in total. The lowest BCUT2D eigenvalue weighted by Crippen LogP contribution is -2.68. The normalized spacial score (nSPS) is 24.5. The number of amides is 2. The number of anilines is 1. The Bertz CT molecular complexity index is 901. The number of pyridine rings is 1. The summed E-state index contributed by atoms with van der Waals surface area (Å²) in [5.41, 5.74) is 5.31. The number of carbonyl (C=O) groups excluding carboxylic acids is 2. The van der Waals surface area contributed by atoms with Gasteiger partial charge >= 0.3 is 0 Å². The van der Waals surface area contributed by atoms with Crippen LogP contribution >= 0.6 is 0 Å². The Hall–Kier alpha value is -2.49. The molecule has 2 amide bonds. The van der Waals surface area contributed by atoms with Gasteiger partial charge in [0.2, 0.25) is 11.8 Å². The van der Waals surface area contributed by atoms with Crippen LogP contribution in [0.4, 0.5) is 14.5 Å². The molecular weight excluding hydrogens is 410 g/mol. The maximum absolute atomic E-state index is 13.4. The molecule has 5 rings (SSSR count). The van der Waals surface area contributed by atoms with Gasteiger partial charge in [0, 0.05) is 11.8 Å². The fourth-order valence-electron chi connectivity index (χ4n) is 4.94. The molecule has 8 nitrogen and oxygen atoms in total. The summed E-state index contributed by atoms with van der Waals surface area (Å²) >= 11 is 0. The van der Waals surface area contributed by atoms with E-state index in [1.54, 1.807) is 6.07 Å². The van der Waals surface area contributed by atoms with Crippen LogP contribution in [-0.4, -0.2) is 61.2 Å². The van der Waals surface area contributed by atoms with Gasteiger partial charge in [0.25, 0.3) is 11.8 Å². The van der Waals surface area contributed by atoms with Crippen molar-refractivity contribution >= 4 is 17.5 Å². The molecule has 2 saturated carbocycles. The highest BCUT2D eigenvalue weighted by atomic mass is 19.3. The van der Waals surface area contributed by atoms with Crippen molar-refractivity contribution in [3.05, 3.63) is 17.8 Å². The Labute approximate surface area is 178 Å². The molecule has 168 valence electrons. The van der Waals surface area contributed by atoms with E-state index >= 15 is 0 Å². The Morgan fingerprint density at radius 3 is 2.52 bits per heavy atom. The highest BCUT2D eigenvalue weighted by Crippen LogP contribution is 2.54. The number of aromatic nitrogens is 1. The van der Waals surface area contributed by atoms with Crippen molar-refractivity contribution in [2.75, 3.05) is 37.8 Å². The van der Waals surface area contributed by atoms with Crippen LogP contribution in [0.3, 0.4) is 0 Å². The maximum atomic E-state index is 13.4. The van der Waals surface area contributed by atoms with E-state index in [9.17, 15) is 18.4 Å². The van der Waals surface area contributed by atoms with Gasteiger partial charge in [-0.15, -0.1) is 0 Å². The van der Waals surface area contributed by atoms with Gasteiger partial charge in [-0.1, -0.05) is 0 Å². The second kappa shape index (κ2) is 7.01. The van der Waals surface area contributed by atoms with Gasteiger partial charge in [-0.3, -0.25) is 9.59 Å². The van der Waals surface area contributed by atoms with Gasteiger partial charge in [-0.2, -0.15) is 0 Å². The topological polar surface area (TPSA) is 107 Å². The van der Waals surface area contributed by atoms with Crippen LogP contribution in [-0.2, 0) is 9.53 Å². The van der Waals surface area contributed by atoms with Crippen molar-refractivity contribution in [1.82, 2.24) is 10.3 Å². The van der Waals surface area contributed by atoms with Gasteiger partial charge in [0.15, 0.2) is 0 Å². The second-order valence-electron chi connectivity index (χ2n) is 9.71. The summed E-state index contributed by atoms with van der Waals surface area (Å²) in [6.07, 6.45) is 3.44. The quantitative estimate of drug-likeness (QED) is 0.639. The third-order valence-corrected chi connectivity index (χ3v) is 6.55. The lowest BCUT2D eigenvalue weighted by atomic mass is 9.55. The van der Waals surface area contributed by atoms with E-state index in [1.807, 2.05) is 0 Å². The molecule has 1 aromatic rings. The summed E-state index contributed by atoms with van der Waals surface area (Å²) in [5.74, 6) is -3.01. The number of halogens is 2. The number of rotatable bonds is 8. The standard InChI is InChI=1S/C21H26F2N4O4/c22-21(23)9-27(10-21)15-4-3-14(25-18(15)31-6-13-1-2-13)17(29)26-20(5-16(24)28)7-19(8-20)11-30-12-19/h3-4,13H,1-2,5-12H2,(H2,24,28)(H,26,29). The Balaban J connectivity index is 1.32. The van der Waals surface area contributed by atoms with Crippen molar-refractivity contribution in [1.29, 1.82) is 0 Å². The first-order valence-corrected chi connectivity index (χ1v) is 10.6. The number of hydrogen-bond donors (Lipinski definition) is 2. The zero-order chi connectivity index (χ0) is 21.9. The van der Waals surface area contributed by atoms with E-state index in [4.69, 9.17) is 15.2 Å². The number of nitrogens with two attached hydrogens (primary N) is 1. The predicted molar refractivity (Wildman–Crippen MR) is 106 cm³/mol. The minimum Gasteiger partial charge on any atom is -0.476 e. The number of nitrogens with zero attached hydrogens (tertiary/aromatic N) is 2. The maximum Gasteiger partial charge on any atom is 0.282 e. The van der Waals surface area contributed by atoms with Crippen molar-refractivity contribution in [3.8, 4) is 5.88 Å². The molecule has 10 heteroatoms. The number of primary amides is 1. The van der Waals surface area contributed by atoms with Crippen LogP contribution in [0.2, 0.25) is 0 Å². The Kier molecular flexibility index (Phi) is 4.62. The van der Waals surface area contributed by atoms with Crippen LogP contribution in [0.1, 0.15) is 42.6 Å². The van der Waals surface area contributed by atoms with Crippen LogP contribution in [0.25, 0.3) is 0 Å². The average Bonchev–Trinajstić information content (AvgIpc) is 3.44. The Morgan fingerprint density at radius 2 is 1.97 bits per heavy atom. The monoisotopic (exact) mass is 436 g/mol. The molecule has 4 fully saturated rings. The lowest BCUT2D eigenvalue weighted by Gasteiger charge is -2.60. The molecule has 3 heterocycles. The van der Waals surface area contributed by atoms with E-state index in [-0.39, 0.29) is 23.4 Å². The molecular formula is C21H26F2N4O4. The molecule has 0 bridgehead atoms. The molecule has 2 aliphatic carbocycles. The first kappa shape index (κ1) is 20.4. The zero-order valence-electron chi connectivity index (χ0n) is 17.2. The number of nitrogens with one attached hydrogen (secondary N) is 1. The minimum atomic E-state index is -2.73. The molecule has 0 radical (unpaired) electrons. The third kappa shape index (κ3) is 4.05. The van der Waals surface area contributed by atoms with Crippen molar-refractivity contribution in [3.63, 3.8) is 0 Å². The molecule has 4 aliphatic rings. The number of ether oxygens (including phenoxy) is 2. The van der Waals surface area contributed by atoms with Crippen molar-refractivity contribution < 1.29 is 27.8 Å². The largest absolute Gasteiger partial charge is 0.476 e. The highest BCUT2D eigenvalue weighted by molar-refractivity contribution is 5.94. The fourth-order valence-corrected chi connectivity index (χ4v) is 4.94. The van der Waals surface area contributed by atoms with E-state index in [1.165, 1.54) is 11.0 Å². The molecule has 31 heavy (non-hydrogen) atoms. The molecule has 0 unspecified atom stereocenters. The predicted octanol–water partition coefficient (Wildman–Crippen LogP) is 1.48. The third-order valence-electron chi connectivity index (χ3n) is 6.55. The first-order chi connectivity index (χ1) is 14.7. The second-order valence-corrected chi connectivity index (χ2v) is 9.71. The van der Waals surface area contributed by atoms with Crippen LogP contribution < -0.4 is 20.7 Å². The molecule has 0 atom stereocenters. The number of alkyl halides is 2. The van der Waals surface area contributed by atoms with E-state index < -0.39 is 36.4 Å². The zero-order valence-corrected chi connectivity index (χ0v) is 17.2. The van der Waals surface area contributed by atoms with Gasteiger partial charge in [0.1, 0.15) is 11.4 Å². The summed E-state index contributed by atoms with van der Waals surface area (Å²) in [5, 5.41) is 2.95. The van der Waals surface area contributed by atoms with Crippen LogP contribution in [0, 0.1) is 11.3 Å². The summed E-state index contributed by atoms with van der Waals surface area (Å²) in [6, 6.07) is 3.10. The number of carbonyl (C=O) groups is 2. The summed E-state index contributed by atoms with van der Waals surface area (Å²) < 4.78 is 37.8. The lowest BCUT2D eigenvalue weighted by molar-refractivity contribution is -0.192. The molecule has 1 aromatic heterocycles. The van der Waals surface area contributed by atoms with E-state index in [2.05, 4.69) is 10.3 Å². The minimum absolute atomic E-state index is 0.0152. The smallest absolute Gasteiger partial charge is 0.282 e. The van der Waals surface area contributed by atoms with Crippen molar-refractivity contribution in [2.45, 2.75) is 43.6 Å². The fraction of sp³-hybridized carbons (Fsp3) is 0.667. The van der Waals surface area contributed by atoms with E-state index in [0.717, 1.165) is 12.8 Å². The van der Waals surface area contributed by atoms with Crippen LogP contribution in [0.15, 0.2) is 12.1 Å². The van der Waals surface area contributed by atoms with Crippen molar-refractivity contribution in [2.24, 2.45) is 17.1 Å². The number of hydrogen-bond acceptors (Lipinski definition) is 6. The van der Waals surface area contributed by atoms with E-state index in [0.29, 0.717) is 44.3 Å². The van der Waals surface area contributed by atoms with Crippen LogP contribution in [0.5, 0.6) is 5.88 Å². The highest BCUT2D eigenvalue weighted by Gasteiger charge is 2.59. The van der Waals surface area contributed by atoms with Gasteiger partial charge in [0.05, 0.1) is 38.4 Å². The molecule has 0 aromatic carbocycles. The SMILES string of the molecule is NC(=O)CC1(NC(=O)c2ccc(N3CC(F)(F)C3)c(OCC3CC3)n2)CC2(COC2)C1. The van der Waals surface area contributed by atoms with Gasteiger partial charge in [-0.05, 0) is 43.7 Å². The molecule has 2 aliphatic heterocycles. The summed E-state index contributed by atoms with van der Waals surface area (Å²) in [6.45, 7) is 0.896. The summed E-state index contributed by atoms with van der Waals surface area (Å²) in [7, 11) is 0. The summed E-state index contributed by atoms with van der Waals surface area (Å²) in [4.78, 5) is 30.4. The Morgan fingerprint density at radius 1 is 1.26 bits per heavy atom. The van der Waals surface area contributed by atoms with Gasteiger partial charge in [-0.25, -0.2) is 13.8 Å². The first-order valence-electron chi connectivity index (χ1n) is 10.6. The molecule has 1 spiro atoms. The average molecular weight is 436 g/mol. The molecule has 2 saturated heterocycles. The van der Waals surface area contributed by atoms with Gasteiger partial charge < -0.3 is 25.4 Å².